The van der Waals surface area contributed by atoms with Gasteiger partial charge in [0.2, 0.25) is 0 Å². The average Bonchev–Trinajstić information content (AvgIpc) is 2.80. The molecule has 0 saturated heterocycles. The Balaban J connectivity index is 2.06. The van der Waals surface area contributed by atoms with E-state index in [4.69, 9.17) is 0 Å². The van der Waals surface area contributed by atoms with Gasteiger partial charge in [0.25, 0.3) is 0 Å². The van der Waals surface area contributed by atoms with Crippen LogP contribution in [0.2, 0.25) is 0 Å². The quantitative estimate of drug-likeness (QED) is 0.617. The molecule has 0 aliphatic heterocycles. The second-order valence-electron chi connectivity index (χ2n) is 5.40. The summed E-state index contributed by atoms with van der Waals surface area (Å²) < 4.78 is 0. The molecule has 0 bridgehead atoms. The standard InChI is InChI=1S/C20H14O/c1-13-18(15-8-3-2-4-9-15)17-12-11-14-7-5-6-10-16(14)19(17)20(13)21/h2-12H,1H3. The molecule has 0 radical (unpaired) electrons. The van der Waals surface area contributed by atoms with Crippen molar-refractivity contribution in [2.24, 2.45) is 0 Å². The van der Waals surface area contributed by atoms with Gasteiger partial charge < -0.3 is 0 Å². The maximum Gasteiger partial charge on any atom is 0.190 e. The summed E-state index contributed by atoms with van der Waals surface area (Å²) in [7, 11) is 0. The molecule has 1 aliphatic rings. The summed E-state index contributed by atoms with van der Waals surface area (Å²) in [6.45, 7) is 1.93. The summed E-state index contributed by atoms with van der Waals surface area (Å²) in [5.41, 5.74) is 4.93. The third-order valence-corrected chi connectivity index (χ3v) is 4.20. The van der Waals surface area contributed by atoms with E-state index in [1.807, 2.05) is 43.3 Å². The van der Waals surface area contributed by atoms with E-state index in [0.717, 1.165) is 38.6 Å². The molecule has 0 N–H and O–H groups in total. The number of benzene rings is 3. The highest BCUT2D eigenvalue weighted by Crippen LogP contribution is 2.40. The summed E-state index contributed by atoms with van der Waals surface area (Å²) in [6.07, 6.45) is 0. The summed E-state index contributed by atoms with van der Waals surface area (Å²) in [4.78, 5) is 12.7. The zero-order chi connectivity index (χ0) is 14.4. The molecule has 0 heterocycles. The van der Waals surface area contributed by atoms with Gasteiger partial charge in [-0.25, -0.2) is 0 Å². The van der Waals surface area contributed by atoms with Crippen LogP contribution in [-0.2, 0) is 0 Å². The van der Waals surface area contributed by atoms with Crippen molar-refractivity contribution in [2.45, 2.75) is 6.92 Å². The maximum absolute atomic E-state index is 12.7. The lowest BCUT2D eigenvalue weighted by Gasteiger charge is -2.08. The van der Waals surface area contributed by atoms with E-state index in [1.165, 1.54) is 0 Å². The van der Waals surface area contributed by atoms with E-state index in [9.17, 15) is 4.79 Å². The monoisotopic (exact) mass is 270 g/mol. The van der Waals surface area contributed by atoms with Gasteiger partial charge in [-0.2, -0.15) is 0 Å². The van der Waals surface area contributed by atoms with Crippen molar-refractivity contribution < 1.29 is 4.79 Å². The van der Waals surface area contributed by atoms with Gasteiger partial charge in [-0.05, 0) is 34.4 Å². The Morgan fingerprint density at radius 3 is 2.29 bits per heavy atom. The number of allylic oxidation sites excluding steroid dienone is 1. The minimum atomic E-state index is 0.153. The SMILES string of the molecule is CC1=C(c2ccccc2)c2ccc3ccccc3c2C1=O. The normalized spacial score (nSPS) is 13.9. The van der Waals surface area contributed by atoms with Crippen molar-refractivity contribution in [1.82, 2.24) is 0 Å². The van der Waals surface area contributed by atoms with Crippen molar-refractivity contribution in [3.8, 4) is 0 Å². The molecule has 3 aromatic rings. The zero-order valence-corrected chi connectivity index (χ0v) is 11.8. The van der Waals surface area contributed by atoms with Crippen LogP contribution in [0.4, 0.5) is 0 Å². The highest BCUT2D eigenvalue weighted by atomic mass is 16.1. The molecular weight excluding hydrogens is 256 g/mol. The Morgan fingerprint density at radius 1 is 0.762 bits per heavy atom. The Labute approximate surface area is 123 Å². The van der Waals surface area contributed by atoms with Crippen LogP contribution in [0.3, 0.4) is 0 Å². The smallest absolute Gasteiger partial charge is 0.190 e. The van der Waals surface area contributed by atoms with Crippen molar-refractivity contribution in [3.63, 3.8) is 0 Å². The first-order valence-electron chi connectivity index (χ1n) is 7.10. The number of rotatable bonds is 1. The first-order valence-corrected chi connectivity index (χ1v) is 7.10. The van der Waals surface area contributed by atoms with Crippen LogP contribution in [0, 0.1) is 0 Å². The third-order valence-electron chi connectivity index (χ3n) is 4.20. The van der Waals surface area contributed by atoms with Crippen LogP contribution >= 0.6 is 0 Å². The van der Waals surface area contributed by atoms with Gasteiger partial charge >= 0.3 is 0 Å². The van der Waals surface area contributed by atoms with Crippen LogP contribution < -0.4 is 0 Å². The van der Waals surface area contributed by atoms with Crippen molar-refractivity contribution >= 4 is 22.1 Å². The largest absolute Gasteiger partial charge is 0.289 e. The van der Waals surface area contributed by atoms with Crippen LogP contribution in [0.15, 0.2) is 72.3 Å². The molecule has 0 amide bonds. The molecule has 21 heavy (non-hydrogen) atoms. The molecule has 0 unspecified atom stereocenters. The van der Waals surface area contributed by atoms with Gasteiger partial charge in [0, 0.05) is 11.1 Å². The number of Topliss-reactive ketones (excluding diaryl/α,β-unsaturated/α-hetero) is 1. The molecule has 4 rings (SSSR count). The zero-order valence-electron chi connectivity index (χ0n) is 11.8. The van der Waals surface area contributed by atoms with Gasteiger partial charge in [0.15, 0.2) is 5.78 Å². The van der Waals surface area contributed by atoms with Crippen molar-refractivity contribution in [2.75, 3.05) is 0 Å². The van der Waals surface area contributed by atoms with Crippen LogP contribution in [-0.4, -0.2) is 5.78 Å². The van der Waals surface area contributed by atoms with Gasteiger partial charge in [-0.3, -0.25) is 4.79 Å². The van der Waals surface area contributed by atoms with Crippen molar-refractivity contribution in [3.05, 3.63) is 89.0 Å². The Morgan fingerprint density at radius 2 is 1.48 bits per heavy atom. The Bertz CT molecular complexity index is 902. The lowest BCUT2D eigenvalue weighted by Crippen LogP contribution is -1.96. The molecule has 100 valence electrons. The predicted octanol–water partition coefficient (Wildman–Crippen LogP) is 4.86. The molecular formula is C20H14O. The highest BCUT2D eigenvalue weighted by Gasteiger charge is 2.29. The second-order valence-corrected chi connectivity index (χ2v) is 5.40. The minimum absolute atomic E-state index is 0.153. The number of hydrogen-bond acceptors (Lipinski definition) is 1. The molecule has 0 atom stereocenters. The first-order chi connectivity index (χ1) is 10.3. The second kappa shape index (κ2) is 4.42. The summed E-state index contributed by atoms with van der Waals surface area (Å²) >= 11 is 0. The lowest BCUT2D eigenvalue weighted by atomic mass is 9.95. The fourth-order valence-corrected chi connectivity index (χ4v) is 3.20. The van der Waals surface area contributed by atoms with Gasteiger partial charge in [-0.1, -0.05) is 66.7 Å². The fraction of sp³-hybridized carbons (Fsp3) is 0.0500. The number of carbonyl (C=O) groups excluding carboxylic acids is 1. The lowest BCUT2D eigenvalue weighted by molar-refractivity contribution is 0.103. The van der Waals surface area contributed by atoms with E-state index < -0.39 is 0 Å². The fourth-order valence-electron chi connectivity index (χ4n) is 3.20. The van der Waals surface area contributed by atoms with Crippen LogP contribution in [0.5, 0.6) is 0 Å². The minimum Gasteiger partial charge on any atom is -0.289 e. The maximum atomic E-state index is 12.7. The van der Waals surface area contributed by atoms with Gasteiger partial charge in [-0.15, -0.1) is 0 Å². The van der Waals surface area contributed by atoms with Gasteiger partial charge in [0.1, 0.15) is 0 Å². The molecule has 0 fully saturated rings. The molecule has 1 aliphatic carbocycles. The highest BCUT2D eigenvalue weighted by molar-refractivity contribution is 6.27. The van der Waals surface area contributed by atoms with E-state index in [1.54, 1.807) is 0 Å². The topological polar surface area (TPSA) is 17.1 Å². The summed E-state index contributed by atoms with van der Waals surface area (Å²) in [6, 6.07) is 22.4. The number of carbonyl (C=O) groups is 1. The van der Waals surface area contributed by atoms with E-state index >= 15 is 0 Å². The average molecular weight is 270 g/mol. The first kappa shape index (κ1) is 12.1. The van der Waals surface area contributed by atoms with Crippen LogP contribution in [0.25, 0.3) is 16.3 Å². The van der Waals surface area contributed by atoms with E-state index in [0.29, 0.717) is 0 Å². The van der Waals surface area contributed by atoms with E-state index in [2.05, 4.69) is 30.3 Å². The molecule has 1 nitrogen and oxygen atoms in total. The van der Waals surface area contributed by atoms with Crippen LogP contribution in [0.1, 0.15) is 28.4 Å². The number of hydrogen-bond donors (Lipinski definition) is 0. The van der Waals surface area contributed by atoms with Gasteiger partial charge in [0.05, 0.1) is 0 Å². The summed E-state index contributed by atoms with van der Waals surface area (Å²) in [5.74, 6) is 0.153. The molecule has 0 saturated carbocycles. The molecule has 3 aromatic carbocycles. The number of ketones is 1. The Hall–Kier alpha value is -2.67. The van der Waals surface area contributed by atoms with E-state index in [-0.39, 0.29) is 5.78 Å². The molecule has 0 aromatic heterocycles. The molecule has 0 spiro atoms. The summed E-state index contributed by atoms with van der Waals surface area (Å²) in [5, 5.41) is 2.16. The Kier molecular flexibility index (Phi) is 2.55. The predicted molar refractivity (Wildman–Crippen MR) is 86.4 cm³/mol. The third kappa shape index (κ3) is 1.67. The molecule has 1 heteroatoms. The number of fused-ring (bicyclic) bond motifs is 3. The van der Waals surface area contributed by atoms with Crippen molar-refractivity contribution in [1.29, 1.82) is 0 Å².